The Hall–Kier alpha value is -2.12. The highest BCUT2D eigenvalue weighted by Gasteiger charge is 2.26. The van der Waals surface area contributed by atoms with E-state index in [1.54, 1.807) is 0 Å². The van der Waals surface area contributed by atoms with E-state index in [4.69, 9.17) is 4.98 Å². The Bertz CT molecular complexity index is 752. The molecule has 1 aliphatic heterocycles. The van der Waals surface area contributed by atoms with Crippen molar-refractivity contribution in [3.63, 3.8) is 0 Å². The fourth-order valence-electron chi connectivity index (χ4n) is 4.51. The van der Waals surface area contributed by atoms with Crippen molar-refractivity contribution in [2.24, 2.45) is 0 Å². The van der Waals surface area contributed by atoms with Crippen LogP contribution in [0.2, 0.25) is 0 Å². The third-order valence-electron chi connectivity index (χ3n) is 6.12. The number of hydrogen-bond acceptors (Lipinski definition) is 4. The molecule has 1 saturated carbocycles. The highest BCUT2D eigenvalue weighted by atomic mass is 16.2. The van der Waals surface area contributed by atoms with Crippen molar-refractivity contribution >= 4 is 17.1 Å². The largest absolute Gasteiger partial charge is 0.342 e. The van der Waals surface area contributed by atoms with Gasteiger partial charge in [-0.25, -0.2) is 9.78 Å². The molecule has 0 bridgehead atoms. The number of carbonyl (C=O) groups is 1. The van der Waals surface area contributed by atoms with Gasteiger partial charge in [-0.1, -0.05) is 12.1 Å². The summed E-state index contributed by atoms with van der Waals surface area (Å²) in [4.78, 5) is 25.3. The summed E-state index contributed by atoms with van der Waals surface area (Å²) in [6.45, 7) is 3.89. The summed E-state index contributed by atoms with van der Waals surface area (Å²) in [5.74, 6) is 1.55. The first-order chi connectivity index (χ1) is 13.6. The molecule has 4 rings (SSSR count). The lowest BCUT2D eigenvalue weighted by molar-refractivity contribution is 0.221. The predicted octanol–water partition coefficient (Wildman–Crippen LogP) is 2.13. The number of amides is 2. The van der Waals surface area contributed by atoms with Crippen molar-refractivity contribution in [3.05, 3.63) is 30.1 Å². The maximum absolute atomic E-state index is 12.5. The van der Waals surface area contributed by atoms with Gasteiger partial charge < -0.3 is 25.4 Å². The van der Waals surface area contributed by atoms with E-state index in [9.17, 15) is 4.79 Å². The number of benzene rings is 1. The number of aromatic amines is 1. The Balaban J connectivity index is 1.26. The van der Waals surface area contributed by atoms with Gasteiger partial charge in [-0.15, -0.1) is 0 Å². The zero-order chi connectivity index (χ0) is 19.5. The molecule has 1 aromatic heterocycles. The number of hydrogen-bond donors (Lipinski definition) is 3. The molecule has 0 radical (unpaired) electrons. The molecule has 1 saturated heterocycles. The van der Waals surface area contributed by atoms with E-state index in [1.165, 1.54) is 0 Å². The molecule has 1 aromatic carbocycles. The molecular formula is C21H32N6O. The molecule has 7 nitrogen and oxygen atoms in total. The van der Waals surface area contributed by atoms with E-state index in [0.717, 1.165) is 68.7 Å². The summed E-state index contributed by atoms with van der Waals surface area (Å²) in [5, 5.41) is 6.37. The van der Waals surface area contributed by atoms with Gasteiger partial charge in [-0.05, 0) is 51.9 Å². The van der Waals surface area contributed by atoms with Crippen LogP contribution < -0.4 is 10.6 Å². The lowest BCUT2D eigenvalue weighted by Crippen LogP contribution is -2.51. The number of carbonyl (C=O) groups excluding carboxylic acids is 1. The number of para-hydroxylation sites is 2. The summed E-state index contributed by atoms with van der Waals surface area (Å²) >= 11 is 0. The van der Waals surface area contributed by atoms with E-state index >= 15 is 0 Å². The highest BCUT2D eigenvalue weighted by Crippen LogP contribution is 2.32. The second kappa shape index (κ2) is 8.49. The molecule has 7 heteroatoms. The topological polar surface area (TPSA) is 76.3 Å². The van der Waals surface area contributed by atoms with Gasteiger partial charge in [0.1, 0.15) is 5.82 Å². The molecule has 0 unspecified atom stereocenters. The van der Waals surface area contributed by atoms with E-state index in [-0.39, 0.29) is 18.1 Å². The van der Waals surface area contributed by atoms with Crippen molar-refractivity contribution < 1.29 is 4.79 Å². The molecule has 3 N–H and O–H groups in total. The fraction of sp³-hybridized carbons (Fsp3) is 0.619. The molecule has 2 aromatic rings. The number of likely N-dealkylation sites (N-methyl/N-ethyl adjacent to an activating group) is 2. The van der Waals surface area contributed by atoms with Crippen molar-refractivity contribution in [1.29, 1.82) is 0 Å². The van der Waals surface area contributed by atoms with Crippen molar-refractivity contribution in [1.82, 2.24) is 30.4 Å². The van der Waals surface area contributed by atoms with Crippen LogP contribution in [0.25, 0.3) is 11.0 Å². The SMILES string of the molecule is CN1CCN(C)CC(NC(=O)NC2CCC(c3nc4ccccc4[nH]3)CC2)C1. The van der Waals surface area contributed by atoms with Gasteiger partial charge >= 0.3 is 6.03 Å². The Morgan fingerprint density at radius 3 is 2.32 bits per heavy atom. The first kappa shape index (κ1) is 19.2. The van der Waals surface area contributed by atoms with Crippen LogP contribution in [0.4, 0.5) is 4.79 Å². The molecule has 1 aliphatic carbocycles. The molecular weight excluding hydrogens is 352 g/mol. The van der Waals surface area contributed by atoms with Crippen LogP contribution in [0.5, 0.6) is 0 Å². The van der Waals surface area contributed by atoms with Gasteiger partial charge in [-0.2, -0.15) is 0 Å². The Labute approximate surface area is 166 Å². The number of fused-ring (bicyclic) bond motifs is 1. The lowest BCUT2D eigenvalue weighted by atomic mass is 9.85. The molecule has 152 valence electrons. The van der Waals surface area contributed by atoms with Crippen molar-refractivity contribution in [2.75, 3.05) is 40.3 Å². The number of rotatable bonds is 3. The van der Waals surface area contributed by atoms with Gasteiger partial charge in [0.05, 0.1) is 17.1 Å². The maximum atomic E-state index is 12.5. The first-order valence-electron chi connectivity index (χ1n) is 10.5. The van der Waals surface area contributed by atoms with Crippen LogP contribution in [0, 0.1) is 0 Å². The summed E-state index contributed by atoms with van der Waals surface area (Å²) < 4.78 is 0. The van der Waals surface area contributed by atoms with Gasteiger partial charge in [0.2, 0.25) is 0 Å². The van der Waals surface area contributed by atoms with E-state index in [0.29, 0.717) is 5.92 Å². The number of nitrogens with zero attached hydrogens (tertiary/aromatic N) is 3. The molecule has 0 spiro atoms. The minimum atomic E-state index is -0.0270. The van der Waals surface area contributed by atoms with Crippen LogP contribution in [0.15, 0.2) is 24.3 Å². The van der Waals surface area contributed by atoms with Gasteiger partial charge in [-0.3, -0.25) is 0 Å². The number of imidazole rings is 1. The Morgan fingerprint density at radius 2 is 1.64 bits per heavy atom. The summed E-state index contributed by atoms with van der Waals surface area (Å²) in [7, 11) is 4.23. The maximum Gasteiger partial charge on any atom is 0.315 e. The van der Waals surface area contributed by atoms with Crippen LogP contribution in [-0.4, -0.2) is 78.2 Å². The zero-order valence-corrected chi connectivity index (χ0v) is 16.9. The summed E-state index contributed by atoms with van der Waals surface area (Å²) in [5.41, 5.74) is 2.14. The normalized spacial score (nSPS) is 25.5. The Morgan fingerprint density at radius 1 is 1.00 bits per heavy atom. The number of urea groups is 1. The fourth-order valence-corrected chi connectivity index (χ4v) is 4.51. The van der Waals surface area contributed by atoms with Crippen LogP contribution in [0.1, 0.15) is 37.4 Å². The molecule has 2 fully saturated rings. The molecule has 2 heterocycles. The first-order valence-corrected chi connectivity index (χ1v) is 10.5. The average Bonchev–Trinajstić information content (AvgIpc) is 3.04. The molecule has 2 aliphatic rings. The van der Waals surface area contributed by atoms with E-state index in [2.05, 4.69) is 51.6 Å². The lowest BCUT2D eigenvalue weighted by Gasteiger charge is -2.29. The zero-order valence-electron chi connectivity index (χ0n) is 16.9. The second-order valence-electron chi connectivity index (χ2n) is 8.53. The minimum Gasteiger partial charge on any atom is -0.342 e. The van der Waals surface area contributed by atoms with E-state index in [1.807, 2.05) is 12.1 Å². The Kier molecular flexibility index (Phi) is 5.82. The monoisotopic (exact) mass is 384 g/mol. The number of nitrogens with one attached hydrogen (secondary N) is 3. The quantitative estimate of drug-likeness (QED) is 0.758. The summed E-state index contributed by atoms with van der Waals surface area (Å²) in [6, 6.07) is 8.58. The van der Waals surface area contributed by atoms with E-state index < -0.39 is 0 Å². The third-order valence-corrected chi connectivity index (χ3v) is 6.12. The van der Waals surface area contributed by atoms with Crippen LogP contribution in [0.3, 0.4) is 0 Å². The summed E-state index contributed by atoms with van der Waals surface area (Å²) in [6.07, 6.45) is 4.11. The second-order valence-corrected chi connectivity index (χ2v) is 8.53. The van der Waals surface area contributed by atoms with Gasteiger partial charge in [0.25, 0.3) is 0 Å². The number of H-pyrrole nitrogens is 1. The van der Waals surface area contributed by atoms with Crippen LogP contribution >= 0.6 is 0 Å². The highest BCUT2D eigenvalue weighted by molar-refractivity contribution is 5.75. The molecule has 2 amide bonds. The average molecular weight is 385 g/mol. The third kappa shape index (κ3) is 4.64. The smallest absolute Gasteiger partial charge is 0.315 e. The molecule has 0 atom stereocenters. The van der Waals surface area contributed by atoms with Crippen LogP contribution in [-0.2, 0) is 0 Å². The van der Waals surface area contributed by atoms with Crippen molar-refractivity contribution in [2.45, 2.75) is 43.7 Å². The number of aromatic nitrogens is 2. The minimum absolute atomic E-state index is 0.0270. The standard InChI is InChI=1S/C21H32N6O/c1-26-11-12-27(2)14-17(13-26)23-21(28)22-16-9-7-15(8-10-16)20-24-18-5-3-4-6-19(18)25-20/h3-6,15-17H,7-14H2,1-2H3,(H,24,25)(H2,22,23,28). The van der Waals surface area contributed by atoms with Crippen molar-refractivity contribution in [3.8, 4) is 0 Å². The predicted molar refractivity (Wildman–Crippen MR) is 112 cm³/mol. The van der Waals surface area contributed by atoms with Gasteiger partial charge in [0.15, 0.2) is 0 Å². The molecule has 28 heavy (non-hydrogen) atoms. The van der Waals surface area contributed by atoms with Gasteiger partial charge in [0, 0.05) is 38.1 Å².